The van der Waals surface area contributed by atoms with Crippen molar-refractivity contribution in [2.24, 2.45) is 0 Å². The van der Waals surface area contributed by atoms with E-state index in [1.54, 1.807) is 0 Å². The number of benzene rings is 4. The van der Waals surface area contributed by atoms with Crippen molar-refractivity contribution in [3.8, 4) is 22.3 Å². The lowest BCUT2D eigenvalue weighted by atomic mass is 9.75. The van der Waals surface area contributed by atoms with E-state index in [4.69, 9.17) is 0 Å². The van der Waals surface area contributed by atoms with Gasteiger partial charge in [0.1, 0.15) is 7.85 Å². The molecule has 0 fully saturated rings. The highest BCUT2D eigenvalue weighted by Crippen LogP contribution is 2.49. The number of anilines is 2. The van der Waals surface area contributed by atoms with Gasteiger partial charge >= 0.3 is 0 Å². The van der Waals surface area contributed by atoms with E-state index >= 15 is 0 Å². The Bertz CT molecular complexity index is 1360. The standard InChI is InChI=1S/C30H26BN/c1-29(2)27-6-4-3-5-25(27)26-16-15-24(19-28(26)29)32-23-13-9-21(10-14-23)20-7-11-22(12-8-20)30(31)17-18-30/h3-19,32H,31H2,1-2H3. The molecule has 6 rings (SSSR count). The van der Waals surface area contributed by atoms with E-state index in [1.165, 1.54) is 38.9 Å². The summed E-state index contributed by atoms with van der Waals surface area (Å²) in [5.41, 5.74) is 11.6. The first-order valence-electron chi connectivity index (χ1n) is 11.4. The fourth-order valence-electron chi connectivity index (χ4n) is 5.03. The predicted molar refractivity (Wildman–Crippen MR) is 139 cm³/mol. The maximum Gasteiger partial charge on any atom is 0.125 e. The van der Waals surface area contributed by atoms with Crippen molar-refractivity contribution in [3.63, 3.8) is 0 Å². The van der Waals surface area contributed by atoms with Gasteiger partial charge in [0.25, 0.3) is 0 Å². The van der Waals surface area contributed by atoms with E-state index < -0.39 is 0 Å². The number of allylic oxidation sites excluding steroid dienone is 2. The highest BCUT2D eigenvalue weighted by atomic mass is 14.9. The molecule has 0 unspecified atom stereocenters. The first-order valence-corrected chi connectivity index (χ1v) is 11.4. The van der Waals surface area contributed by atoms with Gasteiger partial charge in [0.15, 0.2) is 0 Å². The van der Waals surface area contributed by atoms with Crippen molar-refractivity contribution in [1.82, 2.24) is 0 Å². The van der Waals surface area contributed by atoms with Gasteiger partial charge in [0, 0.05) is 16.8 Å². The van der Waals surface area contributed by atoms with Crippen LogP contribution >= 0.6 is 0 Å². The quantitative estimate of drug-likeness (QED) is 0.288. The van der Waals surface area contributed by atoms with Gasteiger partial charge in [-0.05, 0) is 68.5 Å². The second-order valence-corrected chi connectivity index (χ2v) is 9.83. The normalized spacial score (nSPS) is 16.3. The lowest BCUT2D eigenvalue weighted by Crippen LogP contribution is -2.15. The van der Waals surface area contributed by atoms with Crippen molar-refractivity contribution in [2.45, 2.75) is 24.6 Å². The molecule has 2 heteroatoms. The number of rotatable bonds is 4. The molecule has 0 heterocycles. The van der Waals surface area contributed by atoms with Crippen molar-refractivity contribution in [3.05, 3.63) is 120 Å². The van der Waals surface area contributed by atoms with Crippen LogP contribution in [0.25, 0.3) is 22.3 Å². The first kappa shape index (κ1) is 19.2. The molecule has 0 aliphatic heterocycles. The third-order valence-electron chi connectivity index (χ3n) is 7.26. The molecule has 0 saturated heterocycles. The van der Waals surface area contributed by atoms with E-state index in [0.29, 0.717) is 0 Å². The molecule has 0 saturated carbocycles. The molecular formula is C30H26BN. The average Bonchev–Trinajstić information content (AvgIpc) is 3.53. The zero-order chi connectivity index (χ0) is 21.9. The summed E-state index contributed by atoms with van der Waals surface area (Å²) in [5.74, 6) is 0. The van der Waals surface area contributed by atoms with Crippen LogP contribution in [0.5, 0.6) is 0 Å². The molecule has 0 aromatic heterocycles. The number of hydrogen-bond acceptors (Lipinski definition) is 1. The second kappa shape index (κ2) is 6.74. The highest BCUT2D eigenvalue weighted by Gasteiger charge is 2.35. The molecule has 0 radical (unpaired) electrons. The maximum absolute atomic E-state index is 3.61. The molecule has 4 aromatic rings. The van der Waals surface area contributed by atoms with E-state index in [9.17, 15) is 0 Å². The first-order chi connectivity index (χ1) is 15.4. The third kappa shape index (κ3) is 3.02. The molecule has 4 aromatic carbocycles. The Kier molecular flexibility index (Phi) is 4.04. The van der Waals surface area contributed by atoms with E-state index in [-0.39, 0.29) is 10.7 Å². The monoisotopic (exact) mass is 411 g/mol. The summed E-state index contributed by atoms with van der Waals surface area (Å²) >= 11 is 0. The minimum absolute atomic E-state index is 0.0205. The molecular weight excluding hydrogens is 385 g/mol. The van der Waals surface area contributed by atoms with Crippen LogP contribution in [0.2, 0.25) is 0 Å². The van der Waals surface area contributed by atoms with Crippen LogP contribution < -0.4 is 5.32 Å². The van der Waals surface area contributed by atoms with Crippen LogP contribution in [0.15, 0.2) is 103 Å². The van der Waals surface area contributed by atoms with Gasteiger partial charge in [-0.2, -0.15) is 0 Å². The second-order valence-electron chi connectivity index (χ2n) is 9.83. The van der Waals surface area contributed by atoms with Crippen molar-refractivity contribution >= 4 is 19.2 Å². The Morgan fingerprint density at radius 2 is 1.22 bits per heavy atom. The van der Waals surface area contributed by atoms with Crippen LogP contribution in [0.4, 0.5) is 11.4 Å². The number of nitrogens with one attached hydrogen (secondary N) is 1. The van der Waals surface area contributed by atoms with Gasteiger partial charge in [0.2, 0.25) is 0 Å². The van der Waals surface area contributed by atoms with Crippen molar-refractivity contribution in [1.29, 1.82) is 0 Å². The molecule has 2 aliphatic rings. The van der Waals surface area contributed by atoms with Crippen molar-refractivity contribution < 1.29 is 0 Å². The van der Waals surface area contributed by atoms with Crippen LogP contribution in [-0.4, -0.2) is 7.85 Å². The molecule has 0 amide bonds. The Morgan fingerprint density at radius 1 is 0.625 bits per heavy atom. The van der Waals surface area contributed by atoms with E-state index in [1.807, 2.05) is 0 Å². The molecule has 0 atom stereocenters. The fourth-order valence-corrected chi connectivity index (χ4v) is 5.03. The third-order valence-corrected chi connectivity index (χ3v) is 7.26. The van der Waals surface area contributed by atoms with Crippen LogP contribution in [0.1, 0.15) is 30.5 Å². The number of hydrogen-bond donors (Lipinski definition) is 1. The molecule has 2 aliphatic carbocycles. The van der Waals surface area contributed by atoms with E-state index in [2.05, 4.69) is 130 Å². The summed E-state index contributed by atoms with van der Waals surface area (Å²) in [5, 5.41) is 3.78. The van der Waals surface area contributed by atoms with Gasteiger partial charge in [-0.25, -0.2) is 0 Å². The van der Waals surface area contributed by atoms with Crippen LogP contribution in [-0.2, 0) is 10.7 Å². The summed E-state index contributed by atoms with van der Waals surface area (Å²) in [6.45, 7) is 4.64. The maximum atomic E-state index is 3.61. The summed E-state index contributed by atoms with van der Waals surface area (Å²) in [4.78, 5) is 0. The van der Waals surface area contributed by atoms with Crippen molar-refractivity contribution in [2.75, 3.05) is 5.32 Å². The Hall–Kier alpha value is -3.52. The molecule has 0 bridgehead atoms. The topological polar surface area (TPSA) is 12.0 Å². The van der Waals surface area contributed by atoms with Crippen LogP contribution in [0.3, 0.4) is 0 Å². The minimum Gasteiger partial charge on any atom is -0.356 e. The van der Waals surface area contributed by atoms with Crippen LogP contribution in [0, 0.1) is 0 Å². The Balaban J connectivity index is 1.23. The molecule has 32 heavy (non-hydrogen) atoms. The Labute approximate surface area is 191 Å². The van der Waals surface area contributed by atoms with E-state index in [0.717, 1.165) is 11.4 Å². The Morgan fingerprint density at radius 3 is 1.91 bits per heavy atom. The highest BCUT2D eigenvalue weighted by molar-refractivity contribution is 6.22. The fraction of sp³-hybridized carbons (Fsp3) is 0.133. The summed E-state index contributed by atoms with van der Waals surface area (Å²) in [7, 11) is 2.25. The van der Waals surface area contributed by atoms with Gasteiger partial charge in [0.05, 0.1) is 0 Å². The molecule has 1 N–H and O–H groups in total. The largest absolute Gasteiger partial charge is 0.356 e. The van der Waals surface area contributed by atoms with Gasteiger partial charge in [-0.15, -0.1) is 0 Å². The summed E-state index contributed by atoms with van der Waals surface area (Å²) < 4.78 is 0. The molecule has 0 spiro atoms. The van der Waals surface area contributed by atoms with Gasteiger partial charge in [-0.1, -0.05) is 92.7 Å². The lowest BCUT2D eigenvalue weighted by Gasteiger charge is -2.22. The smallest absolute Gasteiger partial charge is 0.125 e. The lowest BCUT2D eigenvalue weighted by molar-refractivity contribution is 0.660. The zero-order valence-electron chi connectivity index (χ0n) is 18.8. The SMILES string of the molecule is BC1(c2ccc(-c3ccc(Nc4ccc5c(c4)C(C)(C)c4ccccc4-5)cc3)cc2)C=C1. The molecule has 154 valence electrons. The summed E-state index contributed by atoms with van der Waals surface area (Å²) in [6, 6.07) is 33.2. The van der Waals surface area contributed by atoms with Gasteiger partial charge < -0.3 is 5.32 Å². The predicted octanol–water partition coefficient (Wildman–Crippen LogP) is 6.80. The van der Waals surface area contributed by atoms with Gasteiger partial charge in [-0.3, -0.25) is 0 Å². The minimum atomic E-state index is 0.0205. The zero-order valence-corrected chi connectivity index (χ0v) is 18.8. The number of fused-ring (bicyclic) bond motifs is 3. The summed E-state index contributed by atoms with van der Waals surface area (Å²) in [6.07, 6.45) is 4.50. The average molecular weight is 411 g/mol. The molecule has 1 nitrogen and oxygen atoms in total.